The summed E-state index contributed by atoms with van der Waals surface area (Å²) in [7, 11) is 0. The van der Waals surface area contributed by atoms with Crippen molar-refractivity contribution in [1.29, 1.82) is 0 Å². The second-order valence-corrected chi connectivity index (χ2v) is 8.96. The number of nitrogens with zero attached hydrogens (tertiary/aromatic N) is 1. The molecule has 0 saturated heterocycles. The molecule has 4 aromatic carbocycles. The number of carbonyl (C=O) groups is 3. The number of hydrogen-bond acceptors (Lipinski definition) is 4. The van der Waals surface area contributed by atoms with Gasteiger partial charge in [-0.05, 0) is 82.6 Å². The standard InChI is InChI=1S/C34H25N3O3/c38-32(20-15-24-8-7-21-35-23-24)26-16-18-29(19-17-26)36-34(40)31(37-33(39)27-10-2-1-3-11-27)22-28-13-6-12-25-9-4-5-14-30(25)28/h1-23H,(H,36,40)(H,37,39)/b20-15+,31-22-. The highest BCUT2D eigenvalue weighted by atomic mass is 16.2. The first-order chi connectivity index (χ1) is 19.6. The van der Waals surface area contributed by atoms with Crippen LogP contribution >= 0.6 is 0 Å². The van der Waals surface area contributed by atoms with Gasteiger partial charge in [0.2, 0.25) is 0 Å². The molecule has 6 nitrogen and oxygen atoms in total. The third kappa shape index (κ3) is 6.44. The molecule has 40 heavy (non-hydrogen) atoms. The molecule has 6 heteroatoms. The van der Waals surface area contributed by atoms with Gasteiger partial charge in [0.1, 0.15) is 5.70 Å². The van der Waals surface area contributed by atoms with E-state index in [9.17, 15) is 14.4 Å². The molecule has 0 unspecified atom stereocenters. The lowest BCUT2D eigenvalue weighted by atomic mass is 10.0. The molecule has 0 aliphatic rings. The molecule has 0 saturated carbocycles. The number of fused-ring (bicyclic) bond motifs is 1. The first kappa shape index (κ1) is 26.0. The van der Waals surface area contributed by atoms with E-state index in [-0.39, 0.29) is 11.5 Å². The van der Waals surface area contributed by atoms with Crippen molar-refractivity contribution in [2.24, 2.45) is 0 Å². The number of carbonyl (C=O) groups excluding carboxylic acids is 3. The maximum absolute atomic E-state index is 13.4. The smallest absolute Gasteiger partial charge is 0.272 e. The molecule has 0 radical (unpaired) electrons. The van der Waals surface area contributed by atoms with E-state index < -0.39 is 11.8 Å². The van der Waals surface area contributed by atoms with Crippen LogP contribution in [0.3, 0.4) is 0 Å². The zero-order valence-electron chi connectivity index (χ0n) is 21.5. The van der Waals surface area contributed by atoms with Crippen LogP contribution in [0, 0.1) is 0 Å². The van der Waals surface area contributed by atoms with E-state index in [0.717, 1.165) is 21.9 Å². The lowest BCUT2D eigenvalue weighted by Gasteiger charge is -2.12. The Labute approximate surface area is 231 Å². The Morgan fingerprint density at radius 3 is 2.23 bits per heavy atom. The third-order valence-corrected chi connectivity index (χ3v) is 6.19. The monoisotopic (exact) mass is 523 g/mol. The van der Waals surface area contributed by atoms with Crippen molar-refractivity contribution in [3.8, 4) is 0 Å². The topological polar surface area (TPSA) is 88.2 Å². The predicted molar refractivity (Wildman–Crippen MR) is 159 cm³/mol. The number of pyridine rings is 1. The minimum absolute atomic E-state index is 0.0877. The number of nitrogens with one attached hydrogen (secondary N) is 2. The zero-order valence-corrected chi connectivity index (χ0v) is 21.5. The van der Waals surface area contributed by atoms with Crippen molar-refractivity contribution in [3.05, 3.63) is 156 Å². The van der Waals surface area contributed by atoms with Crippen LogP contribution in [0.2, 0.25) is 0 Å². The van der Waals surface area contributed by atoms with Crippen molar-refractivity contribution < 1.29 is 14.4 Å². The number of benzene rings is 4. The van der Waals surface area contributed by atoms with Crippen LogP contribution in [0.1, 0.15) is 31.8 Å². The van der Waals surface area contributed by atoms with E-state index in [4.69, 9.17) is 0 Å². The van der Waals surface area contributed by atoms with Gasteiger partial charge >= 0.3 is 0 Å². The number of allylic oxidation sites excluding steroid dienone is 1. The van der Waals surface area contributed by atoms with E-state index in [1.807, 2.05) is 54.6 Å². The first-order valence-electron chi connectivity index (χ1n) is 12.7. The summed E-state index contributed by atoms with van der Waals surface area (Å²) in [6.45, 7) is 0. The molecule has 0 aliphatic carbocycles. The minimum Gasteiger partial charge on any atom is -0.321 e. The van der Waals surface area contributed by atoms with E-state index in [0.29, 0.717) is 16.8 Å². The van der Waals surface area contributed by atoms with Crippen LogP contribution in [0.15, 0.2) is 133 Å². The van der Waals surface area contributed by atoms with Crippen LogP contribution in [0.5, 0.6) is 0 Å². The Balaban J connectivity index is 1.38. The molecule has 2 N–H and O–H groups in total. The second-order valence-electron chi connectivity index (χ2n) is 8.96. The molecule has 0 atom stereocenters. The largest absolute Gasteiger partial charge is 0.321 e. The van der Waals surface area contributed by atoms with Crippen LogP contribution in [0.25, 0.3) is 22.9 Å². The third-order valence-electron chi connectivity index (χ3n) is 6.19. The summed E-state index contributed by atoms with van der Waals surface area (Å²) in [4.78, 5) is 43.0. The zero-order chi connectivity index (χ0) is 27.7. The fourth-order valence-corrected chi connectivity index (χ4v) is 4.13. The Bertz CT molecular complexity index is 1720. The highest BCUT2D eigenvalue weighted by Gasteiger charge is 2.16. The van der Waals surface area contributed by atoms with Gasteiger partial charge in [-0.2, -0.15) is 0 Å². The summed E-state index contributed by atoms with van der Waals surface area (Å²) in [6.07, 6.45) is 8.18. The lowest BCUT2D eigenvalue weighted by Crippen LogP contribution is -2.30. The fourth-order valence-electron chi connectivity index (χ4n) is 4.13. The van der Waals surface area contributed by atoms with Gasteiger partial charge in [-0.1, -0.05) is 66.7 Å². The SMILES string of the molecule is O=C(Nc1ccc(C(=O)/C=C/c2cccnc2)cc1)/C(=C/c1cccc2ccccc12)NC(=O)c1ccccc1. The van der Waals surface area contributed by atoms with E-state index in [2.05, 4.69) is 15.6 Å². The molecule has 0 fully saturated rings. The van der Waals surface area contributed by atoms with Gasteiger partial charge in [0.15, 0.2) is 5.78 Å². The normalized spacial score (nSPS) is 11.3. The summed E-state index contributed by atoms with van der Waals surface area (Å²) in [5, 5.41) is 7.57. The van der Waals surface area contributed by atoms with Crippen molar-refractivity contribution >= 4 is 46.2 Å². The van der Waals surface area contributed by atoms with Gasteiger partial charge in [-0.15, -0.1) is 0 Å². The van der Waals surface area contributed by atoms with Gasteiger partial charge in [-0.25, -0.2) is 0 Å². The highest BCUT2D eigenvalue weighted by Crippen LogP contribution is 2.21. The average Bonchev–Trinajstić information content (AvgIpc) is 3.01. The van der Waals surface area contributed by atoms with Gasteiger partial charge < -0.3 is 10.6 Å². The van der Waals surface area contributed by atoms with Gasteiger partial charge in [0, 0.05) is 29.2 Å². The maximum atomic E-state index is 13.4. The number of amides is 2. The average molecular weight is 524 g/mol. The first-order valence-corrected chi connectivity index (χ1v) is 12.7. The summed E-state index contributed by atoms with van der Waals surface area (Å²) in [6, 6.07) is 32.6. The van der Waals surface area contributed by atoms with Crippen LogP contribution in [-0.2, 0) is 4.79 Å². The molecule has 0 spiro atoms. The van der Waals surface area contributed by atoms with E-state index in [1.54, 1.807) is 79.1 Å². The Morgan fingerprint density at radius 2 is 1.45 bits per heavy atom. The summed E-state index contributed by atoms with van der Waals surface area (Å²) >= 11 is 0. The summed E-state index contributed by atoms with van der Waals surface area (Å²) < 4.78 is 0. The highest BCUT2D eigenvalue weighted by molar-refractivity contribution is 6.12. The lowest BCUT2D eigenvalue weighted by molar-refractivity contribution is -0.113. The molecule has 5 rings (SSSR count). The number of rotatable bonds is 8. The number of hydrogen-bond donors (Lipinski definition) is 2. The van der Waals surface area contributed by atoms with Crippen molar-refractivity contribution in [2.75, 3.05) is 5.32 Å². The molecule has 1 heterocycles. The molecule has 5 aromatic rings. The molecule has 0 aliphatic heterocycles. The molecular formula is C34H25N3O3. The summed E-state index contributed by atoms with van der Waals surface area (Å²) in [5.74, 6) is -1.07. The number of anilines is 1. The van der Waals surface area contributed by atoms with Crippen molar-refractivity contribution in [3.63, 3.8) is 0 Å². The van der Waals surface area contributed by atoms with Crippen molar-refractivity contribution in [2.45, 2.75) is 0 Å². The molecule has 0 bridgehead atoms. The van der Waals surface area contributed by atoms with Crippen LogP contribution < -0.4 is 10.6 Å². The second kappa shape index (κ2) is 12.3. The van der Waals surface area contributed by atoms with Crippen molar-refractivity contribution in [1.82, 2.24) is 10.3 Å². The number of ketones is 1. The molecule has 194 valence electrons. The number of aromatic nitrogens is 1. The van der Waals surface area contributed by atoms with Gasteiger partial charge in [0.05, 0.1) is 0 Å². The van der Waals surface area contributed by atoms with Gasteiger partial charge in [0.25, 0.3) is 11.8 Å². The van der Waals surface area contributed by atoms with Crippen LogP contribution in [-0.4, -0.2) is 22.6 Å². The van der Waals surface area contributed by atoms with Crippen LogP contribution in [0.4, 0.5) is 5.69 Å². The minimum atomic E-state index is -0.493. The van der Waals surface area contributed by atoms with E-state index in [1.165, 1.54) is 6.08 Å². The molecule has 1 aromatic heterocycles. The quantitative estimate of drug-likeness (QED) is 0.179. The maximum Gasteiger partial charge on any atom is 0.272 e. The Morgan fingerprint density at radius 1 is 0.700 bits per heavy atom. The Kier molecular flexibility index (Phi) is 7.99. The predicted octanol–water partition coefficient (Wildman–Crippen LogP) is 6.54. The Hall–Kier alpha value is -5.62. The van der Waals surface area contributed by atoms with Gasteiger partial charge in [-0.3, -0.25) is 19.4 Å². The fraction of sp³-hybridized carbons (Fsp3) is 0. The summed E-state index contributed by atoms with van der Waals surface area (Å²) in [5.41, 5.74) is 3.09. The van der Waals surface area contributed by atoms with E-state index >= 15 is 0 Å². The molecular weight excluding hydrogens is 498 g/mol. The molecule has 2 amide bonds.